The van der Waals surface area contributed by atoms with E-state index >= 15 is 0 Å². The SMILES string of the molecule is C[C@H](O)C(=O)N1CCC(Oc2ccc(-c3ccnc(Nc4ccc(N5CCN(C6COC6)CC5)cc4)n3)nc2C#N)C(F)(F)C1. The minimum atomic E-state index is -3.39. The maximum atomic E-state index is 14.9. The van der Waals surface area contributed by atoms with Crippen molar-refractivity contribution in [2.45, 2.75) is 37.5 Å². The van der Waals surface area contributed by atoms with E-state index in [0.717, 1.165) is 55.7 Å². The standard InChI is InChI=1S/C31H34F2N8O4/c1-20(42)29(43)41-11-9-28(31(32,33)19-41)45-27-7-6-24(37-26(27)16-34)25-8-10-35-30(38-25)36-21-2-4-22(5-3-21)39-12-14-40(15-13-39)23-17-44-18-23/h2-8,10,20,23,28,42H,9,11-15,17-19H2,1H3,(H,35,36,38)/t20-,28?/m0/s1. The van der Waals surface area contributed by atoms with Crippen molar-refractivity contribution in [2.75, 3.05) is 62.7 Å². The first-order chi connectivity index (χ1) is 21.7. The first-order valence-electron chi connectivity index (χ1n) is 14.9. The van der Waals surface area contributed by atoms with E-state index in [1.807, 2.05) is 18.2 Å². The van der Waals surface area contributed by atoms with Crippen LogP contribution in [-0.2, 0) is 9.53 Å². The first-order valence-corrected chi connectivity index (χ1v) is 14.9. The number of likely N-dealkylation sites (tertiary alicyclic amines) is 1. The van der Waals surface area contributed by atoms with Crippen molar-refractivity contribution in [3.8, 4) is 23.2 Å². The van der Waals surface area contributed by atoms with E-state index in [-0.39, 0.29) is 24.4 Å². The maximum Gasteiger partial charge on any atom is 0.301 e. The van der Waals surface area contributed by atoms with E-state index in [0.29, 0.717) is 23.4 Å². The molecule has 2 aromatic heterocycles. The summed E-state index contributed by atoms with van der Waals surface area (Å²) in [6.45, 7) is 5.95. The molecule has 2 N–H and O–H groups in total. The molecule has 1 aromatic carbocycles. The Morgan fingerprint density at radius 3 is 2.47 bits per heavy atom. The van der Waals surface area contributed by atoms with Gasteiger partial charge >= 0.3 is 5.92 Å². The monoisotopic (exact) mass is 620 g/mol. The molecule has 45 heavy (non-hydrogen) atoms. The molecule has 3 aliphatic heterocycles. The van der Waals surface area contributed by atoms with Gasteiger partial charge in [0.2, 0.25) is 5.95 Å². The van der Waals surface area contributed by atoms with Crippen LogP contribution in [0.5, 0.6) is 5.75 Å². The molecule has 5 heterocycles. The number of carbonyl (C=O) groups excluding carboxylic acids is 1. The molecule has 0 saturated carbocycles. The summed E-state index contributed by atoms with van der Waals surface area (Å²) in [5.41, 5.74) is 2.55. The van der Waals surface area contributed by atoms with Crippen LogP contribution in [0.15, 0.2) is 48.7 Å². The fourth-order valence-corrected chi connectivity index (χ4v) is 5.66. The van der Waals surface area contributed by atoms with Gasteiger partial charge in [-0.2, -0.15) is 5.26 Å². The number of piperidine rings is 1. The van der Waals surface area contributed by atoms with Crippen molar-refractivity contribution in [1.82, 2.24) is 24.8 Å². The number of carbonyl (C=O) groups is 1. The molecule has 0 spiro atoms. The average Bonchev–Trinajstić information content (AvgIpc) is 3.01. The van der Waals surface area contributed by atoms with Gasteiger partial charge in [-0.1, -0.05) is 0 Å². The van der Waals surface area contributed by atoms with Crippen LogP contribution in [0.2, 0.25) is 0 Å². The lowest BCUT2D eigenvalue weighted by Gasteiger charge is -2.43. The molecule has 1 unspecified atom stereocenters. The van der Waals surface area contributed by atoms with Crippen LogP contribution in [0.1, 0.15) is 19.0 Å². The zero-order valence-corrected chi connectivity index (χ0v) is 24.8. The Hall–Kier alpha value is -4.45. The fourth-order valence-electron chi connectivity index (χ4n) is 5.66. The summed E-state index contributed by atoms with van der Waals surface area (Å²) in [4.78, 5) is 30.9. The molecule has 3 aliphatic rings. The van der Waals surface area contributed by atoms with E-state index < -0.39 is 30.6 Å². The van der Waals surface area contributed by atoms with E-state index in [9.17, 15) is 23.9 Å². The Balaban J connectivity index is 1.09. The number of anilines is 3. The third-order valence-corrected chi connectivity index (χ3v) is 8.29. The number of aliphatic hydroxyl groups is 1. The summed E-state index contributed by atoms with van der Waals surface area (Å²) in [5, 5.41) is 22.4. The highest BCUT2D eigenvalue weighted by Gasteiger charge is 2.48. The van der Waals surface area contributed by atoms with Crippen LogP contribution < -0.4 is 15.0 Å². The lowest BCUT2D eigenvalue weighted by atomic mass is 10.0. The lowest BCUT2D eigenvalue weighted by Crippen LogP contribution is -2.56. The highest BCUT2D eigenvalue weighted by molar-refractivity contribution is 5.80. The normalized spacial score (nSPS) is 21.0. The van der Waals surface area contributed by atoms with Crippen LogP contribution in [0.3, 0.4) is 0 Å². The van der Waals surface area contributed by atoms with Gasteiger partial charge in [0.15, 0.2) is 17.5 Å². The molecular formula is C31H34F2N8O4. The summed E-state index contributed by atoms with van der Waals surface area (Å²) < 4.78 is 40.6. The number of alkyl halides is 2. The Kier molecular flexibility index (Phi) is 8.75. The predicted octanol–water partition coefficient (Wildman–Crippen LogP) is 2.67. The van der Waals surface area contributed by atoms with Gasteiger partial charge in [0.05, 0.1) is 37.2 Å². The minimum Gasteiger partial charge on any atom is -0.481 e. The summed E-state index contributed by atoms with van der Waals surface area (Å²) in [5.74, 6) is -3.92. The summed E-state index contributed by atoms with van der Waals surface area (Å²) in [6.07, 6.45) is -1.55. The number of amides is 1. The molecule has 0 bridgehead atoms. The number of nitriles is 1. The number of rotatable bonds is 8. The van der Waals surface area contributed by atoms with E-state index in [1.54, 1.807) is 18.3 Å². The molecule has 3 fully saturated rings. The van der Waals surface area contributed by atoms with Gasteiger partial charge in [-0.3, -0.25) is 9.69 Å². The largest absolute Gasteiger partial charge is 0.481 e. The number of nitrogens with one attached hydrogen (secondary N) is 1. The number of nitrogens with zero attached hydrogens (tertiary/aromatic N) is 7. The number of pyridine rings is 1. The van der Waals surface area contributed by atoms with Crippen LogP contribution in [-0.4, -0.2) is 112 Å². The summed E-state index contributed by atoms with van der Waals surface area (Å²) >= 11 is 0. The quantitative estimate of drug-likeness (QED) is 0.384. The molecule has 236 valence electrons. The van der Waals surface area contributed by atoms with Crippen LogP contribution in [0, 0.1) is 11.3 Å². The molecule has 14 heteroatoms. The fraction of sp³-hybridized carbons (Fsp3) is 0.452. The number of benzene rings is 1. The van der Waals surface area contributed by atoms with Gasteiger partial charge in [-0.15, -0.1) is 0 Å². The lowest BCUT2D eigenvalue weighted by molar-refractivity contribution is -0.165. The third-order valence-electron chi connectivity index (χ3n) is 8.29. The average molecular weight is 621 g/mol. The Labute approximate surface area is 259 Å². The molecule has 3 saturated heterocycles. The van der Waals surface area contributed by atoms with Gasteiger partial charge in [0.25, 0.3) is 5.91 Å². The minimum absolute atomic E-state index is 0.00953. The Morgan fingerprint density at radius 2 is 1.82 bits per heavy atom. The number of ether oxygens (including phenoxy) is 2. The maximum absolute atomic E-state index is 14.9. The number of aromatic nitrogens is 3. The second-order valence-corrected chi connectivity index (χ2v) is 11.4. The van der Waals surface area contributed by atoms with Crippen LogP contribution in [0.25, 0.3) is 11.4 Å². The van der Waals surface area contributed by atoms with Crippen LogP contribution in [0.4, 0.5) is 26.1 Å². The van der Waals surface area contributed by atoms with E-state index in [2.05, 4.69) is 42.2 Å². The van der Waals surface area contributed by atoms with Gasteiger partial charge < -0.3 is 29.7 Å². The Morgan fingerprint density at radius 1 is 1.09 bits per heavy atom. The molecule has 1 amide bonds. The van der Waals surface area contributed by atoms with Gasteiger partial charge in [0, 0.05) is 56.7 Å². The van der Waals surface area contributed by atoms with Crippen molar-refractivity contribution in [2.24, 2.45) is 0 Å². The Bertz CT molecular complexity index is 1560. The number of hydrogen-bond acceptors (Lipinski definition) is 11. The second-order valence-electron chi connectivity index (χ2n) is 11.4. The van der Waals surface area contributed by atoms with E-state index in [1.165, 1.54) is 13.0 Å². The number of halogens is 2. The number of aliphatic hydroxyl groups excluding tert-OH is 1. The van der Waals surface area contributed by atoms with Crippen molar-refractivity contribution in [3.05, 3.63) is 54.4 Å². The molecule has 3 aromatic rings. The molecule has 12 nitrogen and oxygen atoms in total. The number of hydrogen-bond donors (Lipinski definition) is 2. The van der Waals surface area contributed by atoms with Gasteiger partial charge in [0.1, 0.15) is 12.2 Å². The zero-order chi connectivity index (χ0) is 31.6. The van der Waals surface area contributed by atoms with Crippen molar-refractivity contribution in [3.63, 3.8) is 0 Å². The zero-order valence-electron chi connectivity index (χ0n) is 24.8. The molecule has 2 atom stereocenters. The van der Waals surface area contributed by atoms with Crippen molar-refractivity contribution < 1.29 is 28.2 Å². The molecule has 0 aliphatic carbocycles. The smallest absolute Gasteiger partial charge is 0.301 e. The van der Waals surface area contributed by atoms with Gasteiger partial charge in [-0.25, -0.2) is 23.7 Å². The van der Waals surface area contributed by atoms with E-state index in [4.69, 9.17) is 9.47 Å². The molecular weight excluding hydrogens is 586 g/mol. The van der Waals surface area contributed by atoms with Crippen LogP contribution >= 0.6 is 0 Å². The predicted molar refractivity (Wildman–Crippen MR) is 160 cm³/mol. The van der Waals surface area contributed by atoms with Gasteiger partial charge in [-0.05, 0) is 49.4 Å². The summed E-state index contributed by atoms with van der Waals surface area (Å²) in [6, 6.07) is 15.1. The van der Waals surface area contributed by atoms with Crippen molar-refractivity contribution >= 4 is 23.2 Å². The third kappa shape index (κ3) is 6.80. The topological polar surface area (TPSA) is 140 Å². The second kappa shape index (κ2) is 12.9. The first kappa shape index (κ1) is 30.6. The summed E-state index contributed by atoms with van der Waals surface area (Å²) in [7, 11) is 0. The molecule has 6 rings (SSSR count). The highest BCUT2D eigenvalue weighted by Crippen LogP contribution is 2.33. The molecule has 0 radical (unpaired) electrons. The van der Waals surface area contributed by atoms with Crippen molar-refractivity contribution in [1.29, 1.82) is 5.26 Å². The highest BCUT2D eigenvalue weighted by atomic mass is 19.3. The number of piperazine rings is 1.